The van der Waals surface area contributed by atoms with Crippen LogP contribution in [-0.2, 0) is 9.59 Å². The van der Waals surface area contributed by atoms with Crippen molar-refractivity contribution in [2.75, 3.05) is 10.2 Å². The highest BCUT2D eigenvalue weighted by atomic mass is 16.2. The van der Waals surface area contributed by atoms with Gasteiger partial charge in [0.05, 0.1) is 11.3 Å². The van der Waals surface area contributed by atoms with Gasteiger partial charge in [-0.3, -0.25) is 9.59 Å². The van der Waals surface area contributed by atoms with E-state index in [1.54, 1.807) is 0 Å². The Morgan fingerprint density at radius 1 is 0.688 bits per heavy atom. The summed E-state index contributed by atoms with van der Waals surface area (Å²) in [5.74, 6) is -0.640. The molecule has 1 heterocycles. The monoisotopic (exact) mass is 424 g/mol. The van der Waals surface area contributed by atoms with Crippen LogP contribution in [0.5, 0.6) is 0 Å². The summed E-state index contributed by atoms with van der Waals surface area (Å²) < 4.78 is 0. The molecular formula is C28H28N2O2. The second-order valence-corrected chi connectivity index (χ2v) is 8.66. The second-order valence-electron chi connectivity index (χ2n) is 8.66. The van der Waals surface area contributed by atoms with Gasteiger partial charge in [0.1, 0.15) is 5.70 Å². The number of aryl methyl sites for hydroxylation is 5. The lowest BCUT2D eigenvalue weighted by molar-refractivity contribution is -0.120. The zero-order valence-corrected chi connectivity index (χ0v) is 19.5. The summed E-state index contributed by atoms with van der Waals surface area (Å²) in [4.78, 5) is 28.7. The molecule has 0 saturated carbocycles. The van der Waals surface area contributed by atoms with Gasteiger partial charge in [-0.2, -0.15) is 0 Å². The number of hydrogen-bond acceptors (Lipinski definition) is 3. The SMILES string of the molecule is Cc1ccc(C2=C(Nc3ccc(C)c(C)c3)C(=O)N(c3cccc(C)c3C)C2=O)c(C)c1. The standard InChI is InChI=1S/C28H28N2O2/c1-16-10-13-23(20(5)14-16)25-26(29-22-12-11-17(2)19(4)15-22)28(32)30(27(25)31)24-9-7-8-18(3)21(24)6/h7-15,29H,1-6H3. The van der Waals surface area contributed by atoms with Crippen LogP contribution in [0.4, 0.5) is 11.4 Å². The zero-order chi connectivity index (χ0) is 23.2. The van der Waals surface area contributed by atoms with E-state index < -0.39 is 0 Å². The molecule has 1 aliphatic heterocycles. The normalized spacial score (nSPS) is 13.9. The summed E-state index contributed by atoms with van der Waals surface area (Å²) in [6.07, 6.45) is 0. The van der Waals surface area contributed by atoms with E-state index in [1.807, 2.05) is 96.1 Å². The molecule has 4 heteroatoms. The molecule has 2 amide bonds. The van der Waals surface area contributed by atoms with Crippen molar-refractivity contribution in [2.45, 2.75) is 41.5 Å². The molecule has 0 fully saturated rings. The van der Waals surface area contributed by atoms with Gasteiger partial charge in [-0.25, -0.2) is 4.90 Å². The molecule has 1 N–H and O–H groups in total. The van der Waals surface area contributed by atoms with Gasteiger partial charge in [-0.05, 0) is 93.1 Å². The molecule has 4 nitrogen and oxygen atoms in total. The third-order valence-corrected chi connectivity index (χ3v) is 6.33. The molecule has 3 aromatic carbocycles. The molecule has 0 radical (unpaired) electrons. The van der Waals surface area contributed by atoms with Gasteiger partial charge in [0.2, 0.25) is 0 Å². The van der Waals surface area contributed by atoms with Crippen molar-refractivity contribution in [3.8, 4) is 0 Å². The highest BCUT2D eigenvalue weighted by Gasteiger charge is 2.41. The predicted octanol–water partition coefficient (Wildman–Crippen LogP) is 5.93. The summed E-state index contributed by atoms with van der Waals surface area (Å²) in [7, 11) is 0. The molecule has 4 rings (SSSR count). The minimum atomic E-state index is -0.336. The smallest absolute Gasteiger partial charge is 0.282 e. The average molecular weight is 425 g/mol. The van der Waals surface area contributed by atoms with E-state index in [0.29, 0.717) is 17.0 Å². The first-order chi connectivity index (χ1) is 15.2. The van der Waals surface area contributed by atoms with Crippen LogP contribution in [0.3, 0.4) is 0 Å². The molecule has 1 aliphatic rings. The van der Waals surface area contributed by atoms with Crippen molar-refractivity contribution >= 4 is 28.8 Å². The van der Waals surface area contributed by atoms with Crippen LogP contribution >= 0.6 is 0 Å². The van der Waals surface area contributed by atoms with E-state index in [1.165, 1.54) is 10.5 Å². The Morgan fingerprint density at radius 3 is 2.12 bits per heavy atom. The molecule has 32 heavy (non-hydrogen) atoms. The van der Waals surface area contributed by atoms with Crippen molar-refractivity contribution in [1.29, 1.82) is 0 Å². The fourth-order valence-electron chi connectivity index (χ4n) is 4.15. The van der Waals surface area contributed by atoms with Gasteiger partial charge in [0, 0.05) is 5.69 Å². The number of benzene rings is 3. The van der Waals surface area contributed by atoms with E-state index in [4.69, 9.17) is 0 Å². The van der Waals surface area contributed by atoms with Crippen molar-refractivity contribution < 1.29 is 9.59 Å². The molecule has 0 saturated heterocycles. The third kappa shape index (κ3) is 3.62. The first kappa shape index (κ1) is 21.6. The quantitative estimate of drug-likeness (QED) is 0.528. The second kappa shape index (κ2) is 8.12. The number of nitrogens with zero attached hydrogens (tertiary/aromatic N) is 1. The summed E-state index contributed by atoms with van der Waals surface area (Å²) in [5, 5.41) is 3.28. The van der Waals surface area contributed by atoms with Crippen LogP contribution in [0.1, 0.15) is 38.9 Å². The number of hydrogen-bond donors (Lipinski definition) is 1. The Morgan fingerprint density at radius 2 is 1.44 bits per heavy atom. The van der Waals surface area contributed by atoms with Gasteiger partial charge in [0.25, 0.3) is 11.8 Å². The predicted molar refractivity (Wildman–Crippen MR) is 131 cm³/mol. The Balaban J connectivity index is 1.89. The van der Waals surface area contributed by atoms with Crippen LogP contribution in [0.25, 0.3) is 5.57 Å². The highest BCUT2D eigenvalue weighted by Crippen LogP contribution is 2.37. The van der Waals surface area contributed by atoms with Crippen molar-refractivity contribution in [1.82, 2.24) is 0 Å². The van der Waals surface area contributed by atoms with Gasteiger partial charge in [-0.15, -0.1) is 0 Å². The topological polar surface area (TPSA) is 49.4 Å². The fourth-order valence-corrected chi connectivity index (χ4v) is 4.15. The minimum Gasteiger partial charge on any atom is -0.350 e. The van der Waals surface area contributed by atoms with Crippen LogP contribution < -0.4 is 10.2 Å². The molecule has 0 unspecified atom stereocenters. The van der Waals surface area contributed by atoms with Crippen molar-refractivity contribution in [3.63, 3.8) is 0 Å². The molecule has 0 aromatic heterocycles. The number of amides is 2. The largest absolute Gasteiger partial charge is 0.350 e. The molecule has 0 spiro atoms. The van der Waals surface area contributed by atoms with Crippen LogP contribution in [0, 0.1) is 41.5 Å². The van der Waals surface area contributed by atoms with Crippen molar-refractivity contribution in [3.05, 3.63) is 99.2 Å². The highest BCUT2D eigenvalue weighted by molar-refractivity contribution is 6.46. The summed E-state index contributed by atoms with van der Waals surface area (Å²) >= 11 is 0. The summed E-state index contributed by atoms with van der Waals surface area (Å²) in [5.41, 5.74) is 9.21. The Labute approximate surface area is 189 Å². The van der Waals surface area contributed by atoms with Gasteiger partial charge in [0.15, 0.2) is 0 Å². The maximum absolute atomic E-state index is 13.7. The third-order valence-electron chi connectivity index (χ3n) is 6.33. The van der Waals surface area contributed by atoms with Crippen molar-refractivity contribution in [2.24, 2.45) is 0 Å². The van der Waals surface area contributed by atoms with Crippen LogP contribution in [-0.4, -0.2) is 11.8 Å². The fraction of sp³-hybridized carbons (Fsp3) is 0.214. The maximum atomic E-state index is 13.7. The Hall–Kier alpha value is -3.66. The lowest BCUT2D eigenvalue weighted by atomic mass is 9.97. The number of anilines is 2. The number of carbonyl (C=O) groups excluding carboxylic acids is 2. The Kier molecular flexibility index (Phi) is 5.47. The summed E-state index contributed by atoms with van der Waals surface area (Å²) in [6.45, 7) is 12.0. The molecule has 0 bridgehead atoms. The maximum Gasteiger partial charge on any atom is 0.282 e. The lowest BCUT2D eigenvalue weighted by Crippen LogP contribution is -2.33. The number of carbonyl (C=O) groups is 2. The van der Waals surface area contributed by atoms with Gasteiger partial charge >= 0.3 is 0 Å². The van der Waals surface area contributed by atoms with Crippen LogP contribution in [0.15, 0.2) is 60.3 Å². The van der Waals surface area contributed by atoms with Gasteiger partial charge < -0.3 is 5.32 Å². The first-order valence-electron chi connectivity index (χ1n) is 10.8. The molecule has 3 aromatic rings. The number of rotatable bonds is 4. The number of nitrogens with one attached hydrogen (secondary N) is 1. The van der Waals surface area contributed by atoms with E-state index in [2.05, 4.69) is 5.32 Å². The zero-order valence-electron chi connectivity index (χ0n) is 19.5. The van der Waals surface area contributed by atoms with E-state index in [9.17, 15) is 9.59 Å². The molecule has 162 valence electrons. The average Bonchev–Trinajstić information content (AvgIpc) is 2.97. The molecular weight excluding hydrogens is 396 g/mol. The number of imide groups is 1. The Bertz CT molecular complexity index is 1300. The first-order valence-corrected chi connectivity index (χ1v) is 10.8. The van der Waals surface area contributed by atoms with E-state index in [-0.39, 0.29) is 11.8 Å². The van der Waals surface area contributed by atoms with E-state index in [0.717, 1.165) is 39.1 Å². The van der Waals surface area contributed by atoms with Crippen LogP contribution in [0.2, 0.25) is 0 Å². The lowest BCUT2D eigenvalue weighted by Gasteiger charge is -2.19. The minimum absolute atomic E-state index is 0.304. The molecule has 0 atom stereocenters. The van der Waals surface area contributed by atoms with Gasteiger partial charge in [-0.1, -0.05) is 42.0 Å². The molecule has 0 aliphatic carbocycles. The summed E-state index contributed by atoms with van der Waals surface area (Å²) in [6, 6.07) is 17.6. The van der Waals surface area contributed by atoms with E-state index >= 15 is 0 Å².